The van der Waals surface area contributed by atoms with E-state index in [0.29, 0.717) is 6.61 Å². The van der Waals surface area contributed by atoms with E-state index in [4.69, 9.17) is 4.74 Å². The third kappa shape index (κ3) is 4.28. The summed E-state index contributed by atoms with van der Waals surface area (Å²) >= 11 is 3.59. The minimum Gasteiger partial charge on any atom is -0.378 e. The van der Waals surface area contributed by atoms with Gasteiger partial charge in [0.05, 0.1) is 16.8 Å². The predicted octanol–water partition coefficient (Wildman–Crippen LogP) is 1.96. The van der Waals surface area contributed by atoms with E-state index in [1.165, 1.54) is 0 Å². The number of anilines is 2. The lowest BCUT2D eigenvalue weighted by Crippen LogP contribution is -2.45. The number of likely N-dealkylation sites (N-methyl/N-ethyl adjacent to an activating group) is 1. The van der Waals surface area contributed by atoms with Crippen LogP contribution in [0.1, 0.15) is 19.0 Å². The summed E-state index contributed by atoms with van der Waals surface area (Å²) < 4.78 is 6.15. The first kappa shape index (κ1) is 16.5. The minimum atomic E-state index is 0.477. The molecule has 118 valence electrons. The molecule has 1 aromatic heterocycles. The van der Waals surface area contributed by atoms with E-state index in [9.17, 15) is 0 Å². The van der Waals surface area contributed by atoms with Crippen molar-refractivity contribution in [2.24, 2.45) is 0 Å². The van der Waals surface area contributed by atoms with E-state index < -0.39 is 0 Å². The molecule has 0 aliphatic carbocycles. The quantitative estimate of drug-likeness (QED) is 0.839. The van der Waals surface area contributed by atoms with E-state index >= 15 is 0 Å². The van der Waals surface area contributed by atoms with Crippen LogP contribution >= 0.6 is 15.9 Å². The zero-order valence-electron chi connectivity index (χ0n) is 13.0. The van der Waals surface area contributed by atoms with Gasteiger partial charge in [0.2, 0.25) is 5.95 Å². The molecule has 0 spiro atoms. The number of piperazine rings is 1. The van der Waals surface area contributed by atoms with E-state index in [-0.39, 0.29) is 0 Å². The summed E-state index contributed by atoms with van der Waals surface area (Å²) in [5.41, 5.74) is 0.889. The largest absolute Gasteiger partial charge is 0.378 e. The second-order valence-electron chi connectivity index (χ2n) is 5.28. The maximum Gasteiger partial charge on any atom is 0.227 e. The summed E-state index contributed by atoms with van der Waals surface area (Å²) in [6.07, 6.45) is 1.06. The van der Waals surface area contributed by atoms with Gasteiger partial charge < -0.3 is 19.9 Å². The maximum atomic E-state index is 5.25. The summed E-state index contributed by atoms with van der Waals surface area (Å²) in [6, 6.07) is 0. The first-order valence-electron chi connectivity index (χ1n) is 7.38. The van der Waals surface area contributed by atoms with Crippen molar-refractivity contribution in [1.82, 2.24) is 14.9 Å². The van der Waals surface area contributed by atoms with Gasteiger partial charge in [0.25, 0.3) is 0 Å². The van der Waals surface area contributed by atoms with Gasteiger partial charge in [-0.05, 0) is 29.4 Å². The fourth-order valence-electron chi connectivity index (χ4n) is 2.22. The second-order valence-corrected chi connectivity index (χ2v) is 6.08. The van der Waals surface area contributed by atoms with E-state index in [0.717, 1.165) is 61.1 Å². The summed E-state index contributed by atoms with van der Waals surface area (Å²) in [7, 11) is 3.83. The number of ether oxygens (including phenoxy) is 1. The average Bonchev–Trinajstić information content (AvgIpc) is 2.49. The molecule has 21 heavy (non-hydrogen) atoms. The zero-order valence-corrected chi connectivity index (χ0v) is 14.6. The van der Waals surface area contributed by atoms with Crippen LogP contribution in [-0.4, -0.2) is 61.7 Å². The number of hydrogen-bond donors (Lipinski definition) is 1. The van der Waals surface area contributed by atoms with Crippen LogP contribution in [0.3, 0.4) is 0 Å². The van der Waals surface area contributed by atoms with Crippen LogP contribution in [0.4, 0.5) is 11.8 Å². The topological polar surface area (TPSA) is 53.5 Å². The lowest BCUT2D eigenvalue weighted by atomic mass is 10.3. The van der Waals surface area contributed by atoms with Crippen molar-refractivity contribution in [2.45, 2.75) is 20.0 Å². The van der Waals surface area contributed by atoms with Gasteiger partial charge in [-0.3, -0.25) is 0 Å². The molecule has 1 aromatic rings. The highest BCUT2D eigenvalue weighted by Crippen LogP contribution is 2.27. The smallest absolute Gasteiger partial charge is 0.227 e. The molecule has 1 saturated heterocycles. The number of halogens is 1. The average molecular weight is 358 g/mol. The molecular weight excluding hydrogens is 334 g/mol. The summed E-state index contributed by atoms with van der Waals surface area (Å²) in [6.45, 7) is 7.50. The summed E-state index contributed by atoms with van der Waals surface area (Å²) in [5.74, 6) is 1.64. The van der Waals surface area contributed by atoms with Gasteiger partial charge in [-0.1, -0.05) is 6.92 Å². The molecule has 1 aliphatic rings. The van der Waals surface area contributed by atoms with Crippen molar-refractivity contribution in [3.05, 3.63) is 10.2 Å². The standard InChI is InChI=1S/C14H24BrN5O/c1-4-5-16-13-12(15)11(10-21-3)17-14(18-13)20-8-6-19(2)7-9-20/h4-10H2,1-3H3,(H,16,17,18). The molecule has 0 atom stereocenters. The Bertz CT molecular complexity index is 463. The first-order chi connectivity index (χ1) is 10.2. The highest BCUT2D eigenvalue weighted by atomic mass is 79.9. The Hall–Kier alpha value is -0.920. The third-order valence-electron chi connectivity index (χ3n) is 3.52. The molecular formula is C14H24BrN5O. The van der Waals surface area contributed by atoms with Crippen LogP contribution in [0.25, 0.3) is 0 Å². The molecule has 2 rings (SSSR count). The number of methoxy groups -OCH3 is 1. The van der Waals surface area contributed by atoms with Crippen LogP contribution in [0.2, 0.25) is 0 Å². The van der Waals surface area contributed by atoms with E-state index in [1.54, 1.807) is 7.11 Å². The SMILES string of the molecule is CCCNc1nc(N2CCN(C)CC2)nc(COC)c1Br. The molecule has 0 amide bonds. The molecule has 0 bridgehead atoms. The number of rotatable bonds is 6. The van der Waals surface area contributed by atoms with Gasteiger partial charge in [-0.25, -0.2) is 4.98 Å². The third-order valence-corrected chi connectivity index (χ3v) is 4.35. The van der Waals surface area contributed by atoms with Crippen molar-refractivity contribution < 1.29 is 4.74 Å². The molecule has 7 heteroatoms. The Morgan fingerprint density at radius 1 is 1.24 bits per heavy atom. The highest BCUT2D eigenvalue weighted by Gasteiger charge is 2.20. The van der Waals surface area contributed by atoms with Crippen LogP contribution in [0.5, 0.6) is 0 Å². The molecule has 1 N–H and O–H groups in total. The number of hydrogen-bond acceptors (Lipinski definition) is 6. The number of nitrogens with zero attached hydrogens (tertiary/aromatic N) is 4. The van der Waals surface area contributed by atoms with E-state index in [2.05, 4.69) is 55.0 Å². The lowest BCUT2D eigenvalue weighted by molar-refractivity contribution is 0.181. The predicted molar refractivity (Wildman–Crippen MR) is 88.9 cm³/mol. The first-order valence-corrected chi connectivity index (χ1v) is 8.17. The van der Waals surface area contributed by atoms with Crippen LogP contribution < -0.4 is 10.2 Å². The van der Waals surface area contributed by atoms with Gasteiger partial charge in [0.1, 0.15) is 5.82 Å². The molecule has 2 heterocycles. The molecule has 0 unspecified atom stereocenters. The van der Waals surface area contributed by atoms with Crippen LogP contribution in [0, 0.1) is 0 Å². The normalized spacial score (nSPS) is 16.3. The Labute approximate surface area is 135 Å². The molecule has 6 nitrogen and oxygen atoms in total. The maximum absolute atomic E-state index is 5.25. The van der Waals surface area contributed by atoms with Gasteiger partial charge in [0, 0.05) is 39.8 Å². The molecule has 1 fully saturated rings. The van der Waals surface area contributed by atoms with Crippen molar-refractivity contribution >= 4 is 27.7 Å². The van der Waals surface area contributed by atoms with Gasteiger partial charge in [-0.2, -0.15) is 4.98 Å². The zero-order chi connectivity index (χ0) is 15.2. The van der Waals surface area contributed by atoms with Gasteiger partial charge in [0.15, 0.2) is 0 Å². The molecule has 0 aromatic carbocycles. The fourth-order valence-corrected chi connectivity index (χ4v) is 2.65. The minimum absolute atomic E-state index is 0.477. The monoisotopic (exact) mass is 357 g/mol. The lowest BCUT2D eigenvalue weighted by Gasteiger charge is -2.32. The highest BCUT2D eigenvalue weighted by molar-refractivity contribution is 9.10. The Balaban J connectivity index is 2.25. The fraction of sp³-hybridized carbons (Fsp3) is 0.714. The Morgan fingerprint density at radius 2 is 1.95 bits per heavy atom. The van der Waals surface area contributed by atoms with Crippen molar-refractivity contribution in [2.75, 3.05) is 57.1 Å². The molecule has 1 aliphatic heterocycles. The Kier molecular flexibility index (Phi) is 6.20. The van der Waals surface area contributed by atoms with Crippen LogP contribution in [-0.2, 0) is 11.3 Å². The summed E-state index contributed by atoms with van der Waals surface area (Å²) in [5, 5.41) is 3.36. The van der Waals surface area contributed by atoms with Crippen molar-refractivity contribution in [1.29, 1.82) is 0 Å². The second kappa shape index (κ2) is 7.91. The number of aromatic nitrogens is 2. The van der Waals surface area contributed by atoms with Gasteiger partial charge >= 0.3 is 0 Å². The van der Waals surface area contributed by atoms with Crippen LogP contribution in [0.15, 0.2) is 4.47 Å². The van der Waals surface area contributed by atoms with E-state index in [1.807, 2.05) is 0 Å². The number of nitrogens with one attached hydrogen (secondary N) is 1. The van der Waals surface area contributed by atoms with Gasteiger partial charge in [-0.15, -0.1) is 0 Å². The Morgan fingerprint density at radius 3 is 2.57 bits per heavy atom. The van der Waals surface area contributed by atoms with Crippen molar-refractivity contribution in [3.63, 3.8) is 0 Å². The molecule has 0 saturated carbocycles. The molecule has 0 radical (unpaired) electrons. The van der Waals surface area contributed by atoms with Crippen molar-refractivity contribution in [3.8, 4) is 0 Å². The summed E-state index contributed by atoms with van der Waals surface area (Å²) in [4.78, 5) is 13.9.